The fourth-order valence-corrected chi connectivity index (χ4v) is 3.17. The SMILES string of the molecule is O=C(c1nc2ccc(O)cc2[nH]1)N1CCC(=Cc2ccccc2)CC1. The van der Waals surface area contributed by atoms with Crippen LogP contribution in [-0.4, -0.2) is 39.0 Å². The summed E-state index contributed by atoms with van der Waals surface area (Å²) in [7, 11) is 0. The second-order valence-electron chi connectivity index (χ2n) is 6.29. The highest BCUT2D eigenvalue weighted by atomic mass is 16.3. The fourth-order valence-electron chi connectivity index (χ4n) is 3.17. The van der Waals surface area contributed by atoms with E-state index < -0.39 is 0 Å². The number of phenols is 1. The van der Waals surface area contributed by atoms with Gasteiger partial charge in [0.15, 0.2) is 5.82 Å². The Morgan fingerprint density at radius 3 is 2.64 bits per heavy atom. The van der Waals surface area contributed by atoms with Gasteiger partial charge in [0.2, 0.25) is 0 Å². The molecule has 0 saturated carbocycles. The van der Waals surface area contributed by atoms with Crippen LogP contribution in [0.1, 0.15) is 29.0 Å². The number of amides is 1. The van der Waals surface area contributed by atoms with Gasteiger partial charge in [-0.05, 0) is 30.5 Å². The molecule has 0 atom stereocenters. The highest BCUT2D eigenvalue weighted by Gasteiger charge is 2.22. The van der Waals surface area contributed by atoms with Crippen LogP contribution in [0.4, 0.5) is 0 Å². The van der Waals surface area contributed by atoms with Gasteiger partial charge in [0, 0.05) is 19.2 Å². The first-order valence-corrected chi connectivity index (χ1v) is 8.41. The zero-order chi connectivity index (χ0) is 17.2. The van der Waals surface area contributed by atoms with Crippen LogP contribution in [0.2, 0.25) is 0 Å². The normalized spacial score (nSPS) is 14.7. The number of carbonyl (C=O) groups is 1. The number of hydrogen-bond acceptors (Lipinski definition) is 3. The molecule has 126 valence electrons. The summed E-state index contributed by atoms with van der Waals surface area (Å²) in [5.74, 6) is 0.398. The molecule has 1 fully saturated rings. The lowest BCUT2D eigenvalue weighted by Crippen LogP contribution is -2.36. The maximum Gasteiger partial charge on any atom is 0.289 e. The first-order chi connectivity index (χ1) is 12.2. The maximum absolute atomic E-state index is 12.7. The Balaban J connectivity index is 1.46. The van der Waals surface area contributed by atoms with Crippen LogP contribution in [0.15, 0.2) is 54.1 Å². The summed E-state index contributed by atoms with van der Waals surface area (Å²) in [5, 5.41) is 9.53. The number of hydrogen-bond donors (Lipinski definition) is 2. The molecule has 1 amide bonds. The molecule has 5 heteroatoms. The van der Waals surface area contributed by atoms with Gasteiger partial charge in [-0.25, -0.2) is 4.98 Å². The van der Waals surface area contributed by atoms with Gasteiger partial charge in [-0.1, -0.05) is 42.0 Å². The second kappa shape index (κ2) is 6.43. The van der Waals surface area contributed by atoms with E-state index in [1.165, 1.54) is 11.1 Å². The number of phenolic OH excluding ortho intramolecular Hbond substituents is 1. The van der Waals surface area contributed by atoms with Gasteiger partial charge in [-0.3, -0.25) is 4.79 Å². The second-order valence-corrected chi connectivity index (χ2v) is 6.29. The zero-order valence-electron chi connectivity index (χ0n) is 13.8. The molecule has 1 saturated heterocycles. The average molecular weight is 333 g/mol. The number of nitrogens with one attached hydrogen (secondary N) is 1. The van der Waals surface area contributed by atoms with Crippen molar-refractivity contribution in [3.63, 3.8) is 0 Å². The van der Waals surface area contributed by atoms with Gasteiger partial charge < -0.3 is 15.0 Å². The van der Waals surface area contributed by atoms with E-state index in [0.29, 0.717) is 29.9 Å². The van der Waals surface area contributed by atoms with Crippen LogP contribution < -0.4 is 0 Å². The molecule has 0 spiro atoms. The number of imidazole rings is 1. The van der Waals surface area contributed by atoms with E-state index in [1.807, 2.05) is 23.1 Å². The van der Waals surface area contributed by atoms with E-state index in [4.69, 9.17) is 0 Å². The van der Waals surface area contributed by atoms with Crippen molar-refractivity contribution in [1.82, 2.24) is 14.9 Å². The van der Waals surface area contributed by atoms with Gasteiger partial charge in [-0.15, -0.1) is 0 Å². The molecule has 2 N–H and O–H groups in total. The minimum atomic E-state index is -0.0885. The lowest BCUT2D eigenvalue weighted by atomic mass is 10.0. The lowest BCUT2D eigenvalue weighted by Gasteiger charge is -2.27. The van der Waals surface area contributed by atoms with Gasteiger partial charge in [0.1, 0.15) is 5.75 Å². The lowest BCUT2D eigenvalue weighted by molar-refractivity contribution is 0.0733. The molecule has 4 rings (SSSR count). The molecule has 2 aromatic carbocycles. The Hall–Kier alpha value is -3.08. The van der Waals surface area contributed by atoms with Crippen LogP contribution in [0.25, 0.3) is 17.1 Å². The Bertz CT molecular complexity index is 934. The van der Waals surface area contributed by atoms with E-state index in [0.717, 1.165) is 12.8 Å². The predicted octanol–water partition coefficient (Wildman–Crippen LogP) is 3.59. The summed E-state index contributed by atoms with van der Waals surface area (Å²) < 4.78 is 0. The van der Waals surface area contributed by atoms with E-state index in [2.05, 4.69) is 28.2 Å². The number of aromatic amines is 1. The van der Waals surface area contributed by atoms with Gasteiger partial charge >= 0.3 is 0 Å². The minimum Gasteiger partial charge on any atom is -0.508 e. The molecule has 1 aromatic heterocycles. The Morgan fingerprint density at radius 1 is 1.12 bits per heavy atom. The summed E-state index contributed by atoms with van der Waals surface area (Å²) in [6.45, 7) is 1.39. The van der Waals surface area contributed by atoms with Gasteiger partial charge in [0.25, 0.3) is 5.91 Å². The monoisotopic (exact) mass is 333 g/mol. The van der Waals surface area contributed by atoms with Crippen molar-refractivity contribution in [1.29, 1.82) is 0 Å². The number of rotatable bonds is 2. The number of fused-ring (bicyclic) bond motifs is 1. The van der Waals surface area contributed by atoms with Crippen molar-refractivity contribution in [2.45, 2.75) is 12.8 Å². The zero-order valence-corrected chi connectivity index (χ0v) is 13.8. The van der Waals surface area contributed by atoms with Crippen molar-refractivity contribution in [3.05, 3.63) is 65.5 Å². The van der Waals surface area contributed by atoms with Crippen LogP contribution in [0.5, 0.6) is 5.75 Å². The van der Waals surface area contributed by atoms with E-state index in [9.17, 15) is 9.90 Å². The molecule has 2 heterocycles. The number of H-pyrrole nitrogens is 1. The topological polar surface area (TPSA) is 69.2 Å². The summed E-state index contributed by atoms with van der Waals surface area (Å²) in [5.41, 5.74) is 3.92. The van der Waals surface area contributed by atoms with Crippen molar-refractivity contribution in [2.24, 2.45) is 0 Å². The number of benzene rings is 2. The standard InChI is InChI=1S/C20H19N3O2/c24-16-6-7-17-18(13-16)22-19(21-17)20(25)23-10-8-15(9-11-23)12-14-4-2-1-3-5-14/h1-7,12-13,24H,8-11H2,(H,21,22). The Morgan fingerprint density at radius 2 is 1.88 bits per heavy atom. The quantitative estimate of drug-likeness (QED) is 0.753. The molecule has 5 nitrogen and oxygen atoms in total. The first-order valence-electron chi connectivity index (χ1n) is 8.41. The minimum absolute atomic E-state index is 0.0885. The smallest absolute Gasteiger partial charge is 0.289 e. The first kappa shape index (κ1) is 15.4. The van der Waals surface area contributed by atoms with Crippen molar-refractivity contribution >= 4 is 23.0 Å². The van der Waals surface area contributed by atoms with Crippen molar-refractivity contribution in [3.8, 4) is 5.75 Å². The molecule has 0 aliphatic carbocycles. The Labute approximate surface area is 145 Å². The predicted molar refractivity (Wildman–Crippen MR) is 97.3 cm³/mol. The molecule has 3 aromatic rings. The molecule has 1 aliphatic rings. The number of nitrogens with zero attached hydrogens (tertiary/aromatic N) is 2. The van der Waals surface area contributed by atoms with E-state index >= 15 is 0 Å². The van der Waals surface area contributed by atoms with Crippen molar-refractivity contribution in [2.75, 3.05) is 13.1 Å². The maximum atomic E-state index is 12.7. The molecular formula is C20H19N3O2. The highest BCUT2D eigenvalue weighted by molar-refractivity contribution is 5.94. The Kier molecular flexibility index (Phi) is 3.98. The third-order valence-electron chi connectivity index (χ3n) is 4.53. The molecule has 0 unspecified atom stereocenters. The number of aromatic nitrogens is 2. The molecular weight excluding hydrogens is 314 g/mol. The number of carbonyl (C=O) groups excluding carboxylic acids is 1. The summed E-state index contributed by atoms with van der Waals surface area (Å²) >= 11 is 0. The molecule has 25 heavy (non-hydrogen) atoms. The van der Waals surface area contributed by atoms with Crippen molar-refractivity contribution < 1.29 is 9.90 Å². The van der Waals surface area contributed by atoms with Crippen LogP contribution in [-0.2, 0) is 0 Å². The third-order valence-corrected chi connectivity index (χ3v) is 4.53. The summed E-state index contributed by atoms with van der Waals surface area (Å²) in [6.07, 6.45) is 3.97. The van der Waals surface area contributed by atoms with E-state index in [1.54, 1.807) is 18.2 Å². The largest absolute Gasteiger partial charge is 0.508 e. The molecule has 0 bridgehead atoms. The van der Waals surface area contributed by atoms with Crippen LogP contribution >= 0.6 is 0 Å². The average Bonchev–Trinajstić information content (AvgIpc) is 3.06. The van der Waals surface area contributed by atoms with Crippen LogP contribution in [0.3, 0.4) is 0 Å². The fraction of sp³-hybridized carbons (Fsp3) is 0.200. The van der Waals surface area contributed by atoms with E-state index in [-0.39, 0.29) is 11.7 Å². The molecule has 1 aliphatic heterocycles. The highest BCUT2D eigenvalue weighted by Crippen LogP contribution is 2.22. The number of likely N-dealkylation sites (tertiary alicyclic amines) is 1. The number of piperidine rings is 1. The third kappa shape index (κ3) is 3.26. The summed E-state index contributed by atoms with van der Waals surface area (Å²) in [6, 6.07) is 15.1. The van der Waals surface area contributed by atoms with Gasteiger partial charge in [0.05, 0.1) is 11.0 Å². The van der Waals surface area contributed by atoms with Crippen LogP contribution in [0, 0.1) is 0 Å². The summed E-state index contributed by atoms with van der Waals surface area (Å²) in [4.78, 5) is 21.9. The van der Waals surface area contributed by atoms with Gasteiger partial charge in [-0.2, -0.15) is 0 Å². The molecule has 0 radical (unpaired) electrons. The number of aromatic hydroxyl groups is 1.